The maximum Gasteiger partial charge on any atom is 0.224 e. The maximum absolute atomic E-state index is 11.1. The van der Waals surface area contributed by atoms with Gasteiger partial charge in [0.25, 0.3) is 0 Å². The summed E-state index contributed by atoms with van der Waals surface area (Å²) in [5, 5.41) is 2.90. The standard InChI is InChI=1S/C11H13NO/c1-7-5-8(2)9-3-4-11(13)12-10(9)6-7/h5-6H,3-4H2,1-2H3,(H,12,13). The minimum Gasteiger partial charge on any atom is -0.326 e. The van der Waals surface area contributed by atoms with Crippen LogP contribution in [0.1, 0.15) is 23.1 Å². The van der Waals surface area contributed by atoms with Gasteiger partial charge in [-0.3, -0.25) is 4.79 Å². The third kappa shape index (κ3) is 1.44. The Morgan fingerprint density at radius 2 is 2.00 bits per heavy atom. The quantitative estimate of drug-likeness (QED) is 0.643. The van der Waals surface area contributed by atoms with E-state index < -0.39 is 0 Å². The molecule has 0 spiro atoms. The number of amides is 1. The van der Waals surface area contributed by atoms with Crippen LogP contribution in [-0.2, 0) is 11.2 Å². The first-order valence-electron chi connectivity index (χ1n) is 4.57. The molecule has 0 atom stereocenters. The predicted molar refractivity (Wildman–Crippen MR) is 52.9 cm³/mol. The topological polar surface area (TPSA) is 29.1 Å². The molecule has 1 amide bonds. The molecule has 1 heterocycles. The van der Waals surface area contributed by atoms with Crippen molar-refractivity contribution in [2.45, 2.75) is 26.7 Å². The van der Waals surface area contributed by atoms with Gasteiger partial charge in [0.05, 0.1) is 0 Å². The first-order chi connectivity index (χ1) is 6.16. The number of aryl methyl sites for hydroxylation is 2. The summed E-state index contributed by atoms with van der Waals surface area (Å²) in [6.07, 6.45) is 1.50. The van der Waals surface area contributed by atoms with E-state index in [-0.39, 0.29) is 5.91 Å². The summed E-state index contributed by atoms with van der Waals surface area (Å²) in [5.41, 5.74) is 4.80. The summed E-state index contributed by atoms with van der Waals surface area (Å²) in [6, 6.07) is 4.20. The van der Waals surface area contributed by atoms with Crippen LogP contribution in [0.4, 0.5) is 5.69 Å². The van der Waals surface area contributed by atoms with Gasteiger partial charge in [0, 0.05) is 12.1 Å². The average molecular weight is 175 g/mol. The summed E-state index contributed by atoms with van der Waals surface area (Å²) in [6.45, 7) is 4.15. The second kappa shape index (κ2) is 2.87. The second-order valence-corrected chi connectivity index (χ2v) is 3.66. The number of fused-ring (bicyclic) bond motifs is 1. The zero-order valence-corrected chi connectivity index (χ0v) is 7.98. The lowest BCUT2D eigenvalue weighted by Crippen LogP contribution is -2.19. The van der Waals surface area contributed by atoms with Crippen LogP contribution in [0, 0.1) is 13.8 Å². The molecule has 2 nitrogen and oxygen atoms in total. The Morgan fingerprint density at radius 1 is 1.23 bits per heavy atom. The van der Waals surface area contributed by atoms with Gasteiger partial charge in [0.15, 0.2) is 0 Å². The highest BCUT2D eigenvalue weighted by molar-refractivity contribution is 5.94. The molecular formula is C11H13NO. The van der Waals surface area contributed by atoms with E-state index in [1.54, 1.807) is 0 Å². The molecule has 1 N–H and O–H groups in total. The fraction of sp³-hybridized carbons (Fsp3) is 0.364. The Kier molecular flexibility index (Phi) is 1.83. The van der Waals surface area contributed by atoms with Crippen molar-refractivity contribution in [1.29, 1.82) is 0 Å². The highest BCUT2D eigenvalue weighted by Gasteiger charge is 2.16. The Morgan fingerprint density at radius 3 is 2.77 bits per heavy atom. The van der Waals surface area contributed by atoms with Crippen LogP contribution in [0.25, 0.3) is 0 Å². The maximum atomic E-state index is 11.1. The fourth-order valence-corrected chi connectivity index (χ4v) is 1.89. The molecule has 1 aromatic rings. The number of anilines is 1. The number of benzene rings is 1. The highest BCUT2D eigenvalue weighted by atomic mass is 16.1. The van der Waals surface area contributed by atoms with Crippen molar-refractivity contribution in [3.8, 4) is 0 Å². The van der Waals surface area contributed by atoms with Gasteiger partial charge in [-0.2, -0.15) is 0 Å². The second-order valence-electron chi connectivity index (χ2n) is 3.66. The molecule has 0 aliphatic carbocycles. The number of rotatable bonds is 0. The van der Waals surface area contributed by atoms with E-state index in [9.17, 15) is 4.79 Å². The van der Waals surface area contributed by atoms with Gasteiger partial charge < -0.3 is 5.32 Å². The van der Waals surface area contributed by atoms with Crippen LogP contribution in [0.2, 0.25) is 0 Å². The lowest BCUT2D eigenvalue weighted by atomic mass is 9.96. The molecule has 2 rings (SSSR count). The third-order valence-electron chi connectivity index (χ3n) is 2.49. The van der Waals surface area contributed by atoms with Crippen LogP contribution in [0.5, 0.6) is 0 Å². The van der Waals surface area contributed by atoms with Gasteiger partial charge in [-0.05, 0) is 43.0 Å². The van der Waals surface area contributed by atoms with E-state index in [4.69, 9.17) is 0 Å². The van der Waals surface area contributed by atoms with E-state index in [0.29, 0.717) is 6.42 Å². The number of carbonyl (C=O) groups is 1. The molecule has 0 aromatic heterocycles. The molecule has 2 heteroatoms. The van der Waals surface area contributed by atoms with E-state index in [2.05, 4.69) is 18.3 Å². The molecule has 68 valence electrons. The third-order valence-corrected chi connectivity index (χ3v) is 2.49. The zero-order chi connectivity index (χ0) is 9.42. The molecule has 0 fully saturated rings. The monoisotopic (exact) mass is 175 g/mol. The SMILES string of the molecule is Cc1cc(C)c2c(c1)NC(=O)CC2. The lowest BCUT2D eigenvalue weighted by Gasteiger charge is -2.19. The van der Waals surface area contributed by atoms with E-state index >= 15 is 0 Å². The minimum absolute atomic E-state index is 0.137. The number of carbonyl (C=O) groups excluding carboxylic acids is 1. The van der Waals surface area contributed by atoms with Crippen molar-refractivity contribution in [3.63, 3.8) is 0 Å². The predicted octanol–water partition coefficient (Wildman–Crippen LogP) is 2.19. The van der Waals surface area contributed by atoms with Gasteiger partial charge in [-0.15, -0.1) is 0 Å². The van der Waals surface area contributed by atoms with Crippen LogP contribution in [0.15, 0.2) is 12.1 Å². The minimum atomic E-state index is 0.137. The Labute approximate surface area is 78.0 Å². The summed E-state index contributed by atoms with van der Waals surface area (Å²) in [7, 11) is 0. The first kappa shape index (κ1) is 8.30. The fourth-order valence-electron chi connectivity index (χ4n) is 1.89. The van der Waals surface area contributed by atoms with Crippen molar-refractivity contribution in [3.05, 3.63) is 28.8 Å². The molecule has 1 aliphatic heterocycles. The van der Waals surface area contributed by atoms with Crippen LogP contribution < -0.4 is 5.32 Å². The number of hydrogen-bond donors (Lipinski definition) is 1. The van der Waals surface area contributed by atoms with Crippen molar-refractivity contribution >= 4 is 11.6 Å². The van der Waals surface area contributed by atoms with E-state index in [1.165, 1.54) is 16.7 Å². The molecule has 0 unspecified atom stereocenters. The lowest BCUT2D eigenvalue weighted by molar-refractivity contribution is -0.116. The van der Waals surface area contributed by atoms with Crippen molar-refractivity contribution in [2.75, 3.05) is 5.32 Å². The Balaban J connectivity index is 2.53. The van der Waals surface area contributed by atoms with Crippen molar-refractivity contribution in [1.82, 2.24) is 0 Å². The Hall–Kier alpha value is -1.31. The van der Waals surface area contributed by atoms with Crippen molar-refractivity contribution < 1.29 is 4.79 Å². The molecule has 1 aromatic carbocycles. The van der Waals surface area contributed by atoms with Gasteiger partial charge in [0.2, 0.25) is 5.91 Å². The molecule has 0 saturated heterocycles. The van der Waals surface area contributed by atoms with Gasteiger partial charge >= 0.3 is 0 Å². The normalized spacial score (nSPS) is 15.1. The zero-order valence-electron chi connectivity index (χ0n) is 7.98. The van der Waals surface area contributed by atoms with Crippen molar-refractivity contribution in [2.24, 2.45) is 0 Å². The average Bonchev–Trinajstić information content (AvgIpc) is 2.02. The first-order valence-corrected chi connectivity index (χ1v) is 4.57. The molecule has 0 saturated carbocycles. The summed E-state index contributed by atoms with van der Waals surface area (Å²) < 4.78 is 0. The van der Waals surface area contributed by atoms with Crippen LogP contribution >= 0.6 is 0 Å². The summed E-state index contributed by atoms with van der Waals surface area (Å²) in [4.78, 5) is 11.1. The molecule has 13 heavy (non-hydrogen) atoms. The van der Waals surface area contributed by atoms with E-state index in [0.717, 1.165) is 12.1 Å². The number of hydrogen-bond acceptors (Lipinski definition) is 1. The summed E-state index contributed by atoms with van der Waals surface area (Å²) in [5.74, 6) is 0.137. The van der Waals surface area contributed by atoms with Gasteiger partial charge in [-0.25, -0.2) is 0 Å². The van der Waals surface area contributed by atoms with Crippen LogP contribution in [0.3, 0.4) is 0 Å². The van der Waals surface area contributed by atoms with Gasteiger partial charge in [-0.1, -0.05) is 6.07 Å². The highest BCUT2D eigenvalue weighted by Crippen LogP contribution is 2.26. The smallest absolute Gasteiger partial charge is 0.224 e. The summed E-state index contributed by atoms with van der Waals surface area (Å²) >= 11 is 0. The van der Waals surface area contributed by atoms with E-state index in [1.807, 2.05) is 13.0 Å². The molecular weight excluding hydrogens is 162 g/mol. The number of nitrogens with one attached hydrogen (secondary N) is 1. The molecule has 0 radical (unpaired) electrons. The Bertz CT molecular complexity index is 369. The largest absolute Gasteiger partial charge is 0.326 e. The molecule has 0 bridgehead atoms. The molecule has 1 aliphatic rings. The van der Waals surface area contributed by atoms with Gasteiger partial charge in [0.1, 0.15) is 0 Å². The van der Waals surface area contributed by atoms with Crippen LogP contribution in [-0.4, -0.2) is 5.91 Å².